The van der Waals surface area contributed by atoms with Gasteiger partial charge >= 0.3 is 0 Å². The van der Waals surface area contributed by atoms with Gasteiger partial charge in [0.1, 0.15) is 5.84 Å². The van der Waals surface area contributed by atoms with Crippen LogP contribution in [0.2, 0.25) is 0 Å². The van der Waals surface area contributed by atoms with Crippen LogP contribution in [0.15, 0.2) is 22.1 Å². The lowest BCUT2D eigenvalue weighted by molar-refractivity contribution is 0.792. The molecule has 0 bridgehead atoms. The summed E-state index contributed by atoms with van der Waals surface area (Å²) < 4.78 is 0. The molecule has 0 spiro atoms. The van der Waals surface area contributed by atoms with E-state index in [1.807, 2.05) is 19.1 Å². The molecule has 0 heterocycles. The van der Waals surface area contributed by atoms with Gasteiger partial charge in [0, 0.05) is 0 Å². The number of nitrogens with zero attached hydrogens (tertiary/aromatic N) is 2. The highest BCUT2D eigenvalue weighted by Crippen LogP contribution is 1.90. The number of allylic oxidation sites excluding steroid dienone is 1. The van der Waals surface area contributed by atoms with Gasteiger partial charge in [0.05, 0.1) is 12.0 Å². The van der Waals surface area contributed by atoms with Crippen LogP contribution in [0.4, 0.5) is 0 Å². The Morgan fingerprint density at radius 2 is 2.15 bits per heavy atom. The molecule has 1 atom stereocenters. The van der Waals surface area contributed by atoms with E-state index in [1.54, 1.807) is 13.8 Å². The van der Waals surface area contributed by atoms with Gasteiger partial charge in [-0.2, -0.15) is 0 Å². The Morgan fingerprint density at radius 3 is 2.54 bits per heavy atom. The third kappa shape index (κ3) is 7.21. The summed E-state index contributed by atoms with van der Waals surface area (Å²) in [6.45, 7) is 5.55. The van der Waals surface area contributed by atoms with Crippen molar-refractivity contribution >= 4 is 11.7 Å². The van der Waals surface area contributed by atoms with Crippen LogP contribution in [0.3, 0.4) is 0 Å². The summed E-state index contributed by atoms with van der Waals surface area (Å²) in [6, 6.07) is 0. The first-order valence-electron chi connectivity index (χ1n) is 4.37. The van der Waals surface area contributed by atoms with Crippen molar-refractivity contribution in [1.29, 1.82) is 0 Å². The van der Waals surface area contributed by atoms with Crippen molar-refractivity contribution in [3.8, 4) is 0 Å². The van der Waals surface area contributed by atoms with Crippen LogP contribution >= 0.6 is 0 Å². The maximum absolute atomic E-state index is 5.51. The molecule has 0 rings (SSSR count). The molecule has 4 nitrogen and oxygen atoms in total. The standard InChI is InChI=1S/C9H18N4/c1-4-5-6-9(12-7(2)10)13-8(3)11/h5-7H,4,10H2,1-3H3,(H2,11,12,13)/b6-5+. The van der Waals surface area contributed by atoms with E-state index in [1.165, 1.54) is 0 Å². The molecule has 0 aromatic heterocycles. The SMILES string of the molecule is CC/C=C/C(N=C(C)N)=NC(C)N. The fraction of sp³-hybridized carbons (Fsp3) is 0.556. The minimum atomic E-state index is -0.250. The van der Waals surface area contributed by atoms with Gasteiger partial charge in [-0.1, -0.05) is 13.0 Å². The maximum Gasteiger partial charge on any atom is 0.150 e. The fourth-order valence-corrected chi connectivity index (χ4v) is 0.722. The highest BCUT2D eigenvalue weighted by atomic mass is 15.0. The van der Waals surface area contributed by atoms with E-state index >= 15 is 0 Å². The molecule has 13 heavy (non-hydrogen) atoms. The number of nitrogens with two attached hydrogens (primary N) is 2. The van der Waals surface area contributed by atoms with E-state index in [-0.39, 0.29) is 6.17 Å². The zero-order chi connectivity index (χ0) is 10.3. The van der Waals surface area contributed by atoms with Crippen LogP contribution in [0.25, 0.3) is 0 Å². The van der Waals surface area contributed by atoms with Crippen LogP contribution in [0.1, 0.15) is 27.2 Å². The molecule has 0 aromatic carbocycles. The van der Waals surface area contributed by atoms with Crippen molar-refractivity contribution in [2.45, 2.75) is 33.4 Å². The molecule has 1 unspecified atom stereocenters. The second kappa shape index (κ2) is 6.37. The maximum atomic E-state index is 5.51. The summed E-state index contributed by atoms with van der Waals surface area (Å²) in [6.07, 6.45) is 4.48. The Hall–Kier alpha value is -1.16. The smallest absolute Gasteiger partial charge is 0.150 e. The Balaban J connectivity index is 4.56. The molecule has 0 aromatic rings. The number of aliphatic imine (C=N–C) groups is 2. The van der Waals surface area contributed by atoms with Crippen molar-refractivity contribution in [1.82, 2.24) is 0 Å². The van der Waals surface area contributed by atoms with Crippen molar-refractivity contribution in [3.05, 3.63) is 12.2 Å². The number of rotatable bonds is 3. The Labute approximate surface area is 79.4 Å². The molecule has 4 heteroatoms. The quantitative estimate of drug-likeness (QED) is 0.505. The number of hydrogen-bond donors (Lipinski definition) is 2. The topological polar surface area (TPSA) is 76.8 Å². The van der Waals surface area contributed by atoms with Gasteiger partial charge in [0.2, 0.25) is 0 Å². The van der Waals surface area contributed by atoms with E-state index in [2.05, 4.69) is 9.98 Å². The molecular formula is C9H18N4. The lowest BCUT2D eigenvalue weighted by Crippen LogP contribution is -2.15. The van der Waals surface area contributed by atoms with Crippen LogP contribution in [-0.2, 0) is 0 Å². The molecule has 0 amide bonds. The lowest BCUT2D eigenvalue weighted by atomic mass is 10.4. The molecule has 74 valence electrons. The van der Waals surface area contributed by atoms with Gasteiger partial charge in [-0.25, -0.2) is 9.98 Å². The zero-order valence-electron chi connectivity index (χ0n) is 8.49. The van der Waals surface area contributed by atoms with Crippen molar-refractivity contribution in [2.75, 3.05) is 0 Å². The van der Waals surface area contributed by atoms with Gasteiger partial charge in [-0.3, -0.25) is 0 Å². The average Bonchev–Trinajstić information content (AvgIpc) is 1.98. The van der Waals surface area contributed by atoms with Crippen LogP contribution < -0.4 is 11.5 Å². The van der Waals surface area contributed by atoms with Gasteiger partial charge in [-0.15, -0.1) is 0 Å². The summed E-state index contributed by atoms with van der Waals surface area (Å²) in [5.74, 6) is 1.07. The second-order valence-electron chi connectivity index (χ2n) is 2.79. The Kier molecular flexibility index (Phi) is 5.80. The van der Waals surface area contributed by atoms with Crippen molar-refractivity contribution in [2.24, 2.45) is 21.5 Å². The van der Waals surface area contributed by atoms with Crippen LogP contribution in [0.5, 0.6) is 0 Å². The predicted molar refractivity (Wildman–Crippen MR) is 57.8 cm³/mol. The molecule has 0 saturated heterocycles. The zero-order valence-corrected chi connectivity index (χ0v) is 8.49. The van der Waals surface area contributed by atoms with E-state index in [4.69, 9.17) is 11.5 Å². The molecular weight excluding hydrogens is 164 g/mol. The largest absolute Gasteiger partial charge is 0.387 e. The summed E-state index contributed by atoms with van der Waals surface area (Å²) in [5, 5.41) is 0. The molecule has 0 radical (unpaired) electrons. The highest BCUT2D eigenvalue weighted by Gasteiger charge is 1.93. The fourth-order valence-electron chi connectivity index (χ4n) is 0.722. The van der Waals surface area contributed by atoms with Gasteiger partial charge in [0.15, 0.2) is 0 Å². The van der Waals surface area contributed by atoms with Crippen LogP contribution in [-0.4, -0.2) is 17.8 Å². The molecule has 0 fully saturated rings. The molecule has 0 aliphatic heterocycles. The van der Waals surface area contributed by atoms with Crippen LogP contribution in [0, 0.1) is 0 Å². The van der Waals surface area contributed by atoms with Crippen molar-refractivity contribution < 1.29 is 0 Å². The number of amidine groups is 2. The minimum Gasteiger partial charge on any atom is -0.387 e. The van der Waals surface area contributed by atoms with E-state index < -0.39 is 0 Å². The van der Waals surface area contributed by atoms with Gasteiger partial charge in [-0.05, 0) is 26.3 Å². The van der Waals surface area contributed by atoms with Gasteiger partial charge < -0.3 is 11.5 Å². The number of hydrogen-bond acceptors (Lipinski definition) is 2. The summed E-state index contributed by atoms with van der Waals surface area (Å²) in [5.41, 5.74) is 10.9. The summed E-state index contributed by atoms with van der Waals surface area (Å²) in [4.78, 5) is 8.13. The average molecular weight is 182 g/mol. The molecule has 0 aliphatic rings. The molecule has 0 saturated carbocycles. The van der Waals surface area contributed by atoms with E-state index in [9.17, 15) is 0 Å². The Bertz CT molecular complexity index is 222. The first-order chi connectivity index (χ1) is 6.06. The van der Waals surface area contributed by atoms with Gasteiger partial charge in [0.25, 0.3) is 0 Å². The monoisotopic (exact) mass is 182 g/mol. The summed E-state index contributed by atoms with van der Waals surface area (Å²) >= 11 is 0. The highest BCUT2D eigenvalue weighted by molar-refractivity contribution is 6.01. The second-order valence-corrected chi connectivity index (χ2v) is 2.79. The Morgan fingerprint density at radius 1 is 1.54 bits per heavy atom. The first-order valence-corrected chi connectivity index (χ1v) is 4.37. The third-order valence-corrected chi connectivity index (χ3v) is 1.13. The summed E-state index contributed by atoms with van der Waals surface area (Å²) in [7, 11) is 0. The lowest BCUT2D eigenvalue weighted by Gasteiger charge is -1.99. The van der Waals surface area contributed by atoms with E-state index in [0.717, 1.165) is 6.42 Å². The van der Waals surface area contributed by atoms with E-state index in [0.29, 0.717) is 11.7 Å². The molecule has 0 aliphatic carbocycles. The predicted octanol–water partition coefficient (Wildman–Crippen LogP) is 1.03. The first kappa shape index (κ1) is 11.8. The third-order valence-electron chi connectivity index (χ3n) is 1.13. The normalized spacial score (nSPS) is 16.6. The van der Waals surface area contributed by atoms with Crippen molar-refractivity contribution in [3.63, 3.8) is 0 Å². The minimum absolute atomic E-state index is 0.250. The molecule has 4 N–H and O–H groups in total.